The van der Waals surface area contributed by atoms with Crippen molar-refractivity contribution in [1.82, 2.24) is 0 Å². The molecule has 0 saturated carbocycles. The van der Waals surface area contributed by atoms with Gasteiger partial charge in [0.1, 0.15) is 11.6 Å². The molecule has 1 unspecified atom stereocenters. The zero-order valence-corrected chi connectivity index (χ0v) is 11.0. The fourth-order valence-corrected chi connectivity index (χ4v) is 2.15. The second-order valence-corrected chi connectivity index (χ2v) is 4.80. The molecule has 1 N–H and O–H groups in total. The smallest absolute Gasteiger partial charge is 0.134 e. The largest absolute Gasteiger partial charge is 0.388 e. The number of aliphatic hydroxyl groups excluding tert-OH is 1. The fraction of sp³-hybridized carbons (Fsp3) is 0.250. The van der Waals surface area contributed by atoms with Crippen molar-refractivity contribution in [3.05, 3.63) is 70.3 Å². The molecule has 0 amide bonds. The highest BCUT2D eigenvalue weighted by Crippen LogP contribution is 2.26. The summed E-state index contributed by atoms with van der Waals surface area (Å²) in [6, 6.07) is 10.1. The Morgan fingerprint density at radius 1 is 1.11 bits per heavy atom. The SMILES string of the molecule is Cc1cccc(CC(O)c2c(F)ccc(C)c2F)c1. The third-order valence-electron chi connectivity index (χ3n) is 3.16. The summed E-state index contributed by atoms with van der Waals surface area (Å²) in [4.78, 5) is 0. The van der Waals surface area contributed by atoms with E-state index in [0.29, 0.717) is 5.56 Å². The number of aryl methyl sites for hydroxylation is 2. The van der Waals surface area contributed by atoms with Gasteiger partial charge in [-0.3, -0.25) is 0 Å². The van der Waals surface area contributed by atoms with Crippen molar-refractivity contribution in [2.24, 2.45) is 0 Å². The number of hydrogen-bond donors (Lipinski definition) is 1. The van der Waals surface area contributed by atoms with Crippen LogP contribution in [0.1, 0.15) is 28.4 Å². The second-order valence-electron chi connectivity index (χ2n) is 4.80. The summed E-state index contributed by atoms with van der Waals surface area (Å²) in [6.07, 6.45) is -0.986. The topological polar surface area (TPSA) is 20.2 Å². The summed E-state index contributed by atoms with van der Waals surface area (Å²) in [6.45, 7) is 3.49. The van der Waals surface area contributed by atoms with E-state index in [-0.39, 0.29) is 12.0 Å². The lowest BCUT2D eigenvalue weighted by Crippen LogP contribution is -2.08. The minimum atomic E-state index is -1.18. The Morgan fingerprint density at radius 2 is 1.84 bits per heavy atom. The van der Waals surface area contributed by atoms with Crippen molar-refractivity contribution in [3.63, 3.8) is 0 Å². The Bertz CT molecular complexity index is 593. The summed E-state index contributed by atoms with van der Waals surface area (Å²) in [7, 11) is 0. The Morgan fingerprint density at radius 3 is 2.53 bits per heavy atom. The first-order valence-corrected chi connectivity index (χ1v) is 6.17. The number of benzene rings is 2. The van der Waals surface area contributed by atoms with Crippen LogP contribution in [0.3, 0.4) is 0 Å². The van der Waals surface area contributed by atoms with Gasteiger partial charge in [-0.05, 0) is 31.0 Å². The molecule has 0 aliphatic heterocycles. The number of aliphatic hydroxyl groups is 1. The van der Waals surface area contributed by atoms with Crippen LogP contribution in [-0.4, -0.2) is 5.11 Å². The van der Waals surface area contributed by atoms with Gasteiger partial charge >= 0.3 is 0 Å². The maximum atomic E-state index is 13.9. The molecule has 0 aromatic heterocycles. The third kappa shape index (κ3) is 2.99. The summed E-state index contributed by atoms with van der Waals surface area (Å²) >= 11 is 0. The Balaban J connectivity index is 2.30. The van der Waals surface area contributed by atoms with Crippen LogP contribution < -0.4 is 0 Å². The lowest BCUT2D eigenvalue weighted by Gasteiger charge is -2.14. The van der Waals surface area contributed by atoms with Crippen molar-refractivity contribution < 1.29 is 13.9 Å². The molecule has 0 aliphatic rings. The number of rotatable bonds is 3. The lowest BCUT2D eigenvalue weighted by atomic mass is 9.98. The third-order valence-corrected chi connectivity index (χ3v) is 3.16. The van der Waals surface area contributed by atoms with Gasteiger partial charge in [0.2, 0.25) is 0 Å². The highest BCUT2D eigenvalue weighted by molar-refractivity contribution is 5.30. The van der Waals surface area contributed by atoms with Crippen LogP contribution in [0, 0.1) is 25.5 Å². The van der Waals surface area contributed by atoms with Gasteiger partial charge < -0.3 is 5.11 Å². The molecule has 0 fully saturated rings. The van der Waals surface area contributed by atoms with E-state index in [2.05, 4.69) is 0 Å². The fourth-order valence-electron chi connectivity index (χ4n) is 2.15. The van der Waals surface area contributed by atoms with Crippen LogP contribution in [0.5, 0.6) is 0 Å². The van der Waals surface area contributed by atoms with Gasteiger partial charge in [-0.2, -0.15) is 0 Å². The molecule has 2 aromatic rings. The van der Waals surface area contributed by atoms with Crippen molar-refractivity contribution >= 4 is 0 Å². The van der Waals surface area contributed by atoms with E-state index in [9.17, 15) is 13.9 Å². The summed E-state index contributed by atoms with van der Waals surface area (Å²) in [5.41, 5.74) is 1.99. The molecule has 19 heavy (non-hydrogen) atoms. The molecule has 0 heterocycles. The maximum absolute atomic E-state index is 13.9. The second kappa shape index (κ2) is 5.49. The zero-order valence-electron chi connectivity index (χ0n) is 11.0. The van der Waals surface area contributed by atoms with Crippen molar-refractivity contribution in [3.8, 4) is 0 Å². The van der Waals surface area contributed by atoms with Crippen molar-refractivity contribution in [2.75, 3.05) is 0 Å². The van der Waals surface area contributed by atoms with E-state index in [0.717, 1.165) is 11.1 Å². The molecule has 3 heteroatoms. The van der Waals surface area contributed by atoms with E-state index < -0.39 is 17.7 Å². The van der Waals surface area contributed by atoms with Crippen LogP contribution >= 0.6 is 0 Å². The van der Waals surface area contributed by atoms with E-state index in [1.165, 1.54) is 12.1 Å². The van der Waals surface area contributed by atoms with E-state index >= 15 is 0 Å². The maximum Gasteiger partial charge on any atom is 0.134 e. The van der Waals surface area contributed by atoms with E-state index in [1.54, 1.807) is 6.92 Å². The predicted octanol–water partition coefficient (Wildman–Crippen LogP) is 3.86. The van der Waals surface area contributed by atoms with Gasteiger partial charge in [-0.25, -0.2) is 8.78 Å². The van der Waals surface area contributed by atoms with Gasteiger partial charge in [0, 0.05) is 6.42 Å². The highest BCUT2D eigenvalue weighted by atomic mass is 19.1. The van der Waals surface area contributed by atoms with Gasteiger partial charge in [-0.1, -0.05) is 35.9 Å². The molecule has 2 aromatic carbocycles. The standard InChI is InChI=1S/C16H16F2O/c1-10-4-3-5-12(8-10)9-14(19)15-13(17)7-6-11(2)16(15)18/h3-8,14,19H,9H2,1-2H3. The summed E-state index contributed by atoms with van der Waals surface area (Å²) < 4.78 is 27.6. The van der Waals surface area contributed by atoms with Crippen molar-refractivity contribution in [2.45, 2.75) is 26.4 Å². The predicted molar refractivity (Wildman–Crippen MR) is 70.9 cm³/mol. The number of halogens is 2. The van der Waals surface area contributed by atoms with Gasteiger partial charge in [0.05, 0.1) is 11.7 Å². The molecular weight excluding hydrogens is 246 g/mol. The first-order chi connectivity index (χ1) is 8.99. The Labute approximate surface area is 111 Å². The molecule has 0 aliphatic carbocycles. The van der Waals surface area contributed by atoms with Gasteiger partial charge in [0.25, 0.3) is 0 Å². The van der Waals surface area contributed by atoms with E-state index in [4.69, 9.17) is 0 Å². The Hall–Kier alpha value is -1.74. The zero-order chi connectivity index (χ0) is 14.0. The quantitative estimate of drug-likeness (QED) is 0.890. The minimum absolute atomic E-state index is 0.193. The summed E-state index contributed by atoms with van der Waals surface area (Å²) in [5.74, 6) is -1.37. The lowest BCUT2D eigenvalue weighted by molar-refractivity contribution is 0.168. The summed E-state index contributed by atoms with van der Waals surface area (Å²) in [5, 5.41) is 10.1. The van der Waals surface area contributed by atoms with Crippen LogP contribution in [0.2, 0.25) is 0 Å². The molecule has 1 nitrogen and oxygen atoms in total. The van der Waals surface area contributed by atoms with Crippen LogP contribution in [-0.2, 0) is 6.42 Å². The monoisotopic (exact) mass is 262 g/mol. The molecule has 100 valence electrons. The molecule has 2 rings (SSSR count). The van der Waals surface area contributed by atoms with Crippen LogP contribution in [0.4, 0.5) is 8.78 Å². The Kier molecular flexibility index (Phi) is 3.96. The molecular formula is C16H16F2O. The van der Waals surface area contributed by atoms with E-state index in [1.807, 2.05) is 31.2 Å². The number of hydrogen-bond acceptors (Lipinski definition) is 1. The molecule has 0 saturated heterocycles. The molecule has 0 radical (unpaired) electrons. The average Bonchev–Trinajstić information content (AvgIpc) is 2.34. The van der Waals surface area contributed by atoms with Gasteiger partial charge in [0.15, 0.2) is 0 Å². The normalized spacial score (nSPS) is 12.5. The molecule has 0 bridgehead atoms. The minimum Gasteiger partial charge on any atom is -0.388 e. The average molecular weight is 262 g/mol. The van der Waals surface area contributed by atoms with Crippen LogP contribution in [0.25, 0.3) is 0 Å². The first kappa shape index (κ1) is 13.7. The van der Waals surface area contributed by atoms with Gasteiger partial charge in [-0.15, -0.1) is 0 Å². The van der Waals surface area contributed by atoms with Crippen molar-refractivity contribution in [1.29, 1.82) is 0 Å². The first-order valence-electron chi connectivity index (χ1n) is 6.17. The van der Waals surface area contributed by atoms with Crippen LogP contribution in [0.15, 0.2) is 36.4 Å². The molecule has 0 spiro atoms. The highest BCUT2D eigenvalue weighted by Gasteiger charge is 2.19. The molecule has 1 atom stereocenters.